The zero-order valence-electron chi connectivity index (χ0n) is 18.5. The molecule has 0 amide bonds. The Hall–Kier alpha value is -1.52. The van der Waals surface area contributed by atoms with Gasteiger partial charge in [0.05, 0.1) is 48.3 Å². The summed E-state index contributed by atoms with van der Waals surface area (Å²) in [4.78, 5) is 15.0. The average Bonchev–Trinajstić information content (AvgIpc) is 3.09. The van der Waals surface area contributed by atoms with Crippen molar-refractivity contribution < 1.29 is 24.1 Å². The predicted octanol–water partition coefficient (Wildman–Crippen LogP) is 3.11. The number of halogens is 1. The Bertz CT molecular complexity index is 891. The third-order valence-electron chi connectivity index (χ3n) is 7.33. The number of methoxy groups -OCH3 is 3. The number of carbonyl (C=O) groups is 1. The first-order chi connectivity index (χ1) is 14.9. The molecule has 1 aromatic carbocycles. The summed E-state index contributed by atoms with van der Waals surface area (Å²) in [5.41, 5.74) is 1.36. The summed E-state index contributed by atoms with van der Waals surface area (Å²) >= 11 is 2.25. The predicted molar refractivity (Wildman–Crippen MR) is 126 cm³/mol. The van der Waals surface area contributed by atoms with Crippen LogP contribution in [-0.4, -0.2) is 62.5 Å². The molecule has 0 aromatic heterocycles. The second-order valence-electron chi connectivity index (χ2n) is 8.67. The van der Waals surface area contributed by atoms with E-state index < -0.39 is 5.60 Å². The van der Waals surface area contributed by atoms with Crippen molar-refractivity contribution in [3.63, 3.8) is 0 Å². The first-order valence-electron chi connectivity index (χ1n) is 10.8. The van der Waals surface area contributed by atoms with Crippen molar-refractivity contribution in [3.8, 4) is 5.75 Å². The lowest BCUT2D eigenvalue weighted by Gasteiger charge is -2.53. The van der Waals surface area contributed by atoms with Crippen LogP contribution in [0.5, 0.6) is 5.75 Å². The van der Waals surface area contributed by atoms with Gasteiger partial charge in [-0.3, -0.25) is 4.90 Å². The molecule has 3 heterocycles. The summed E-state index contributed by atoms with van der Waals surface area (Å²) in [5, 5.41) is 15.5. The number of fused-ring (bicyclic) bond motifs is 5. The number of aliphatic hydroxyl groups is 1. The summed E-state index contributed by atoms with van der Waals surface area (Å²) < 4.78 is 17.0. The number of rotatable bonds is 5. The van der Waals surface area contributed by atoms with Crippen LogP contribution in [0.15, 0.2) is 24.0 Å². The molecule has 31 heavy (non-hydrogen) atoms. The Labute approximate surface area is 197 Å². The van der Waals surface area contributed by atoms with Gasteiger partial charge in [-0.25, -0.2) is 4.79 Å². The number of hydrogen-bond acceptors (Lipinski definition) is 7. The van der Waals surface area contributed by atoms with Crippen molar-refractivity contribution in [1.29, 1.82) is 0 Å². The standard InChI is InChI=1S/C23H31IN2O5/c1-5-13-11-26-9-8-23(28)19-17(7-6-16(24)20(19)30-3)25-21(23)18(26)10-14(13)15(12-29-2)22(27)31-4/h6-7,12-14,18,21,25,28H,5,8-11H2,1-4H3/b15-12+/t13-,14+,18+,21-,23+/m1/s1. The fraction of sp³-hybridized carbons (Fsp3) is 0.609. The highest BCUT2D eigenvalue weighted by atomic mass is 127. The van der Waals surface area contributed by atoms with Crippen molar-refractivity contribution >= 4 is 34.2 Å². The Kier molecular flexibility index (Phi) is 6.42. The molecule has 0 aliphatic carbocycles. The molecular weight excluding hydrogens is 511 g/mol. The average molecular weight is 542 g/mol. The van der Waals surface area contributed by atoms with Gasteiger partial charge < -0.3 is 24.6 Å². The van der Waals surface area contributed by atoms with Gasteiger partial charge in [0.1, 0.15) is 11.4 Å². The zero-order chi connectivity index (χ0) is 22.3. The molecule has 170 valence electrons. The number of nitrogens with one attached hydrogen (secondary N) is 1. The smallest absolute Gasteiger partial charge is 0.337 e. The number of piperidine rings is 2. The van der Waals surface area contributed by atoms with E-state index in [0.717, 1.165) is 46.5 Å². The van der Waals surface area contributed by atoms with Crippen LogP contribution in [0.25, 0.3) is 0 Å². The van der Waals surface area contributed by atoms with E-state index in [9.17, 15) is 9.90 Å². The SMILES string of the molecule is CC[C@@H]1CN2CC[C@]3(O)c4c(ccc(I)c4OC)N[C@@H]3[C@@H]2C[C@@H]1/C(=C\OC)C(=O)OC. The Balaban J connectivity index is 1.71. The van der Waals surface area contributed by atoms with Crippen molar-refractivity contribution in [2.45, 2.75) is 43.9 Å². The molecule has 3 aliphatic heterocycles. The molecule has 2 fully saturated rings. The van der Waals surface area contributed by atoms with Crippen LogP contribution in [0.2, 0.25) is 0 Å². The number of benzene rings is 1. The molecule has 8 heteroatoms. The topological polar surface area (TPSA) is 80.3 Å². The van der Waals surface area contributed by atoms with Crippen molar-refractivity contribution in [3.05, 3.63) is 33.1 Å². The van der Waals surface area contributed by atoms with Crippen LogP contribution >= 0.6 is 22.6 Å². The van der Waals surface area contributed by atoms with E-state index in [-0.39, 0.29) is 24.0 Å². The summed E-state index contributed by atoms with van der Waals surface area (Å²) in [6.45, 7) is 3.85. The normalized spacial score (nSPS) is 32.4. The summed E-state index contributed by atoms with van der Waals surface area (Å²) in [7, 11) is 4.62. The molecule has 0 spiro atoms. The fourth-order valence-corrected chi connectivity index (χ4v) is 6.52. The van der Waals surface area contributed by atoms with Gasteiger partial charge in [-0.15, -0.1) is 0 Å². The minimum Gasteiger partial charge on any atom is -0.504 e. The van der Waals surface area contributed by atoms with E-state index in [4.69, 9.17) is 14.2 Å². The van der Waals surface area contributed by atoms with E-state index in [2.05, 4.69) is 39.7 Å². The third-order valence-corrected chi connectivity index (χ3v) is 8.18. The summed E-state index contributed by atoms with van der Waals surface area (Å²) in [6.07, 6.45) is 3.88. The molecule has 4 rings (SSSR count). The monoisotopic (exact) mass is 542 g/mol. The van der Waals surface area contributed by atoms with Crippen LogP contribution in [0, 0.1) is 15.4 Å². The molecule has 2 saturated heterocycles. The first-order valence-corrected chi connectivity index (χ1v) is 11.9. The first kappa shape index (κ1) is 22.7. The molecule has 0 bridgehead atoms. The molecular formula is C23H31IN2O5. The Morgan fingerprint density at radius 2 is 2.16 bits per heavy atom. The number of ether oxygens (including phenoxy) is 3. The van der Waals surface area contributed by atoms with E-state index in [1.165, 1.54) is 13.4 Å². The lowest BCUT2D eigenvalue weighted by Crippen LogP contribution is -2.64. The van der Waals surface area contributed by atoms with Crippen LogP contribution in [0.4, 0.5) is 5.69 Å². The maximum Gasteiger partial charge on any atom is 0.337 e. The van der Waals surface area contributed by atoms with E-state index in [1.807, 2.05) is 12.1 Å². The molecule has 0 saturated carbocycles. The maximum atomic E-state index is 12.5. The third kappa shape index (κ3) is 3.60. The van der Waals surface area contributed by atoms with Crippen molar-refractivity contribution in [2.75, 3.05) is 39.7 Å². The highest BCUT2D eigenvalue weighted by molar-refractivity contribution is 14.1. The largest absolute Gasteiger partial charge is 0.504 e. The molecule has 5 atom stereocenters. The molecule has 7 nitrogen and oxygen atoms in total. The van der Waals surface area contributed by atoms with Crippen LogP contribution in [0.3, 0.4) is 0 Å². The van der Waals surface area contributed by atoms with Crippen molar-refractivity contribution in [1.82, 2.24) is 4.90 Å². The summed E-state index contributed by atoms with van der Waals surface area (Å²) in [6, 6.07) is 3.94. The number of anilines is 1. The van der Waals surface area contributed by atoms with E-state index in [0.29, 0.717) is 17.9 Å². The lowest BCUT2D eigenvalue weighted by atomic mass is 9.69. The molecule has 3 aliphatic rings. The highest BCUT2D eigenvalue weighted by Crippen LogP contribution is 2.53. The van der Waals surface area contributed by atoms with Gasteiger partial charge in [-0.1, -0.05) is 13.3 Å². The molecule has 2 N–H and O–H groups in total. The van der Waals surface area contributed by atoms with Gasteiger partial charge in [-0.2, -0.15) is 0 Å². The Morgan fingerprint density at radius 1 is 1.39 bits per heavy atom. The number of carbonyl (C=O) groups excluding carboxylic acids is 1. The second-order valence-corrected chi connectivity index (χ2v) is 9.83. The van der Waals surface area contributed by atoms with E-state index >= 15 is 0 Å². The van der Waals surface area contributed by atoms with Crippen molar-refractivity contribution in [2.24, 2.45) is 11.8 Å². The molecule has 0 radical (unpaired) electrons. The number of esters is 1. The maximum absolute atomic E-state index is 12.5. The van der Waals surface area contributed by atoms with Gasteiger partial charge in [0.15, 0.2) is 0 Å². The van der Waals surface area contributed by atoms with Gasteiger partial charge in [0.2, 0.25) is 0 Å². The Morgan fingerprint density at radius 3 is 2.81 bits per heavy atom. The number of hydrogen-bond donors (Lipinski definition) is 2. The van der Waals surface area contributed by atoms with E-state index in [1.54, 1.807) is 14.2 Å². The van der Waals surface area contributed by atoms with Crippen LogP contribution in [0.1, 0.15) is 31.7 Å². The molecule has 1 aromatic rings. The molecule has 0 unspecified atom stereocenters. The van der Waals surface area contributed by atoms with Crippen LogP contribution < -0.4 is 10.1 Å². The minimum absolute atomic E-state index is 0.00791. The van der Waals surface area contributed by atoms with Gasteiger partial charge in [0, 0.05) is 24.8 Å². The number of nitrogens with zero attached hydrogens (tertiary/aromatic N) is 1. The highest BCUT2D eigenvalue weighted by Gasteiger charge is 2.57. The van der Waals surface area contributed by atoms with Gasteiger partial charge in [-0.05, 0) is 59.4 Å². The quantitative estimate of drug-likeness (QED) is 0.256. The lowest BCUT2D eigenvalue weighted by molar-refractivity contribution is -0.138. The second kappa shape index (κ2) is 8.78. The van der Waals surface area contributed by atoms with Crippen LogP contribution in [-0.2, 0) is 19.9 Å². The van der Waals surface area contributed by atoms with Gasteiger partial charge >= 0.3 is 5.97 Å². The minimum atomic E-state index is -1.01. The zero-order valence-corrected chi connectivity index (χ0v) is 20.6. The fourth-order valence-electron chi connectivity index (χ4n) is 5.85. The summed E-state index contributed by atoms with van der Waals surface area (Å²) in [5.74, 6) is 0.733. The van der Waals surface area contributed by atoms with Gasteiger partial charge in [0.25, 0.3) is 0 Å².